The number of carbonyl (C=O) groups is 1. The van der Waals surface area contributed by atoms with Crippen LogP contribution in [0.4, 0.5) is 22.7 Å². The molecule has 4 aromatic rings. The van der Waals surface area contributed by atoms with E-state index in [2.05, 4.69) is 11.9 Å². The summed E-state index contributed by atoms with van der Waals surface area (Å²) in [5, 5.41) is 27.0. The molecule has 1 N–H and O–H groups in total. The van der Waals surface area contributed by atoms with Gasteiger partial charge in [-0.15, -0.1) is 0 Å². The minimum absolute atomic E-state index is 0.0394. The van der Waals surface area contributed by atoms with Crippen molar-refractivity contribution in [2.75, 3.05) is 16.8 Å². The molecule has 216 valence electrons. The maximum absolute atomic E-state index is 13.9. The molecule has 0 aliphatic carbocycles. The SMILES string of the molecule is C=CCOC(=O)C1=C(Nc2ccccc2)C[C@H](c2cccc([N+](=O)[O-])c2)N(c2ccccc2)[C@H]1c1cccc([N+](=O)[O-])c1. The van der Waals surface area contributed by atoms with E-state index in [9.17, 15) is 25.0 Å². The van der Waals surface area contributed by atoms with Crippen molar-refractivity contribution in [3.05, 3.63) is 164 Å². The molecule has 0 saturated carbocycles. The van der Waals surface area contributed by atoms with Crippen molar-refractivity contribution >= 4 is 28.7 Å². The van der Waals surface area contributed by atoms with E-state index in [0.29, 0.717) is 22.5 Å². The molecule has 0 spiro atoms. The van der Waals surface area contributed by atoms with E-state index in [1.165, 1.54) is 30.3 Å². The van der Waals surface area contributed by atoms with Crippen molar-refractivity contribution in [1.82, 2.24) is 0 Å². The Hall–Kier alpha value is -5.77. The van der Waals surface area contributed by atoms with Crippen molar-refractivity contribution in [2.45, 2.75) is 18.5 Å². The number of esters is 1. The predicted molar refractivity (Wildman–Crippen MR) is 163 cm³/mol. The Morgan fingerprint density at radius 3 is 2.05 bits per heavy atom. The summed E-state index contributed by atoms with van der Waals surface area (Å²) in [4.78, 5) is 38.5. The van der Waals surface area contributed by atoms with E-state index in [1.807, 2.05) is 65.6 Å². The van der Waals surface area contributed by atoms with Gasteiger partial charge in [0.25, 0.3) is 11.4 Å². The fraction of sp³-hybridized carbons (Fsp3) is 0.121. The van der Waals surface area contributed by atoms with Gasteiger partial charge in [-0.2, -0.15) is 0 Å². The molecule has 0 fully saturated rings. The number of carbonyl (C=O) groups excluding carboxylic acids is 1. The Kier molecular flexibility index (Phi) is 8.57. The van der Waals surface area contributed by atoms with Gasteiger partial charge in [-0.3, -0.25) is 20.2 Å². The highest BCUT2D eigenvalue weighted by Crippen LogP contribution is 2.48. The van der Waals surface area contributed by atoms with Crippen LogP contribution in [0.3, 0.4) is 0 Å². The molecule has 1 heterocycles. The highest BCUT2D eigenvalue weighted by Gasteiger charge is 2.42. The molecule has 0 radical (unpaired) electrons. The second-order valence-electron chi connectivity index (χ2n) is 9.84. The van der Waals surface area contributed by atoms with Crippen molar-refractivity contribution in [2.24, 2.45) is 0 Å². The zero-order valence-corrected chi connectivity index (χ0v) is 23.0. The first-order valence-electron chi connectivity index (χ1n) is 13.5. The summed E-state index contributed by atoms with van der Waals surface area (Å²) >= 11 is 0. The van der Waals surface area contributed by atoms with Gasteiger partial charge in [0.2, 0.25) is 0 Å². The Morgan fingerprint density at radius 2 is 1.44 bits per heavy atom. The molecule has 4 aromatic carbocycles. The zero-order valence-electron chi connectivity index (χ0n) is 23.0. The van der Waals surface area contributed by atoms with Gasteiger partial charge in [0.15, 0.2) is 0 Å². The number of nitro benzene ring substituents is 2. The fourth-order valence-corrected chi connectivity index (χ4v) is 5.34. The maximum Gasteiger partial charge on any atom is 0.338 e. The van der Waals surface area contributed by atoms with Crippen molar-refractivity contribution in [3.63, 3.8) is 0 Å². The summed E-state index contributed by atoms with van der Waals surface area (Å²) in [6.45, 7) is 3.62. The molecule has 0 saturated heterocycles. The molecule has 0 amide bonds. The average molecular weight is 577 g/mol. The summed E-state index contributed by atoms with van der Waals surface area (Å²) < 4.78 is 5.60. The molecule has 0 aromatic heterocycles. The van der Waals surface area contributed by atoms with Crippen molar-refractivity contribution < 1.29 is 19.4 Å². The average Bonchev–Trinajstić information content (AvgIpc) is 3.04. The van der Waals surface area contributed by atoms with Crippen LogP contribution in [0.25, 0.3) is 0 Å². The van der Waals surface area contributed by atoms with Crippen LogP contribution in [-0.2, 0) is 9.53 Å². The smallest absolute Gasteiger partial charge is 0.338 e. The molecule has 2 atom stereocenters. The normalized spacial score (nSPS) is 16.3. The highest BCUT2D eigenvalue weighted by molar-refractivity contribution is 5.93. The number of benzene rings is 4. The Balaban J connectivity index is 1.81. The first kappa shape index (κ1) is 28.7. The quantitative estimate of drug-likeness (QED) is 0.0902. The summed E-state index contributed by atoms with van der Waals surface area (Å²) in [7, 11) is 0. The van der Waals surface area contributed by atoms with Gasteiger partial charge in [-0.25, -0.2) is 4.79 Å². The lowest BCUT2D eigenvalue weighted by Gasteiger charge is -2.45. The number of anilines is 2. The van der Waals surface area contributed by atoms with E-state index in [0.717, 1.165) is 5.69 Å². The Morgan fingerprint density at radius 1 is 0.860 bits per heavy atom. The van der Waals surface area contributed by atoms with Crippen LogP contribution < -0.4 is 10.2 Å². The number of rotatable bonds is 10. The summed E-state index contributed by atoms with van der Waals surface area (Å²) in [6.07, 6.45) is 1.71. The van der Waals surface area contributed by atoms with E-state index < -0.39 is 27.9 Å². The highest BCUT2D eigenvalue weighted by atomic mass is 16.6. The lowest BCUT2D eigenvalue weighted by molar-refractivity contribution is -0.385. The maximum atomic E-state index is 13.9. The van der Waals surface area contributed by atoms with E-state index in [4.69, 9.17) is 4.74 Å². The van der Waals surface area contributed by atoms with Gasteiger partial charge >= 0.3 is 5.97 Å². The second-order valence-corrected chi connectivity index (χ2v) is 9.84. The van der Waals surface area contributed by atoms with Gasteiger partial charge in [-0.05, 0) is 35.4 Å². The minimum Gasteiger partial charge on any atom is -0.458 e. The van der Waals surface area contributed by atoms with Gasteiger partial charge in [0, 0.05) is 47.8 Å². The molecule has 1 aliphatic rings. The van der Waals surface area contributed by atoms with Crippen LogP contribution in [0.5, 0.6) is 0 Å². The van der Waals surface area contributed by atoms with Gasteiger partial charge in [0.05, 0.1) is 27.5 Å². The standard InChI is InChI=1S/C33H28N4O6/c1-2-19-43-33(38)31-29(34-25-13-5-3-6-14-25)22-30(23-11-9-17-27(20-23)36(39)40)35(26-15-7-4-8-16-26)32(31)24-12-10-18-28(21-24)37(41)42/h2-18,20-21,30,32,34H,1,19,22H2/t30-,32+/m1/s1. The molecule has 5 rings (SSSR count). The number of nitro groups is 2. The summed E-state index contributed by atoms with van der Waals surface area (Å²) in [5.74, 6) is -0.617. The van der Waals surface area contributed by atoms with E-state index in [1.54, 1.807) is 24.3 Å². The van der Waals surface area contributed by atoms with Gasteiger partial charge < -0.3 is 15.0 Å². The Bertz CT molecular complexity index is 1690. The molecular weight excluding hydrogens is 548 g/mol. The van der Waals surface area contributed by atoms with E-state index >= 15 is 0 Å². The molecule has 43 heavy (non-hydrogen) atoms. The lowest BCUT2D eigenvalue weighted by atomic mass is 9.84. The molecule has 1 aliphatic heterocycles. The second kappa shape index (κ2) is 12.8. The fourth-order valence-electron chi connectivity index (χ4n) is 5.34. The first-order chi connectivity index (χ1) is 20.9. The predicted octanol–water partition coefficient (Wildman–Crippen LogP) is 7.29. The number of nitrogens with zero attached hydrogens (tertiary/aromatic N) is 3. The van der Waals surface area contributed by atoms with Gasteiger partial charge in [-0.1, -0.05) is 73.3 Å². The molecule has 10 heteroatoms. The molecule has 10 nitrogen and oxygen atoms in total. The molecular formula is C33H28N4O6. The number of hydrogen-bond acceptors (Lipinski definition) is 8. The number of ether oxygens (including phenoxy) is 1. The van der Waals surface area contributed by atoms with Crippen molar-refractivity contribution in [1.29, 1.82) is 0 Å². The van der Waals surface area contributed by atoms with Crippen LogP contribution in [0.2, 0.25) is 0 Å². The topological polar surface area (TPSA) is 128 Å². The van der Waals surface area contributed by atoms with Crippen molar-refractivity contribution in [3.8, 4) is 0 Å². The number of non-ortho nitro benzene ring substituents is 2. The lowest BCUT2D eigenvalue weighted by Crippen LogP contribution is -2.41. The summed E-state index contributed by atoms with van der Waals surface area (Å²) in [6, 6.07) is 29.7. The van der Waals surface area contributed by atoms with Crippen LogP contribution in [0.1, 0.15) is 29.6 Å². The van der Waals surface area contributed by atoms with Crippen LogP contribution in [0, 0.1) is 20.2 Å². The summed E-state index contributed by atoms with van der Waals surface area (Å²) in [5.41, 5.74) is 3.12. The van der Waals surface area contributed by atoms with Crippen LogP contribution in [-0.4, -0.2) is 22.4 Å². The molecule has 0 unspecified atom stereocenters. The van der Waals surface area contributed by atoms with E-state index in [-0.39, 0.29) is 30.0 Å². The third-order valence-corrected chi connectivity index (χ3v) is 7.15. The third-order valence-electron chi connectivity index (χ3n) is 7.15. The number of para-hydroxylation sites is 2. The van der Waals surface area contributed by atoms with Gasteiger partial charge in [0.1, 0.15) is 6.61 Å². The largest absolute Gasteiger partial charge is 0.458 e. The first-order valence-corrected chi connectivity index (χ1v) is 13.5. The molecule has 0 bridgehead atoms. The third kappa shape index (κ3) is 6.28. The zero-order chi connectivity index (χ0) is 30.3. The minimum atomic E-state index is -0.871. The number of nitrogens with one attached hydrogen (secondary N) is 1. The monoisotopic (exact) mass is 576 g/mol. The Labute approximate surface area is 247 Å². The van der Waals surface area contributed by atoms with Crippen LogP contribution >= 0.6 is 0 Å². The van der Waals surface area contributed by atoms with Crippen LogP contribution in [0.15, 0.2) is 133 Å². The number of hydrogen-bond donors (Lipinski definition) is 1.